The quantitative estimate of drug-likeness (QED) is 0.0708. The molecule has 0 radical (unpaired) electrons. The summed E-state index contributed by atoms with van der Waals surface area (Å²) >= 11 is 6.55. The van der Waals surface area contributed by atoms with Crippen molar-refractivity contribution in [3.05, 3.63) is 141 Å². The van der Waals surface area contributed by atoms with Gasteiger partial charge < -0.3 is 160 Å². The lowest BCUT2D eigenvalue weighted by Crippen LogP contribution is -2.44. The molecule has 0 spiro atoms. The molecule has 2 amide bonds. The van der Waals surface area contributed by atoms with E-state index in [9.17, 15) is 105 Å². The van der Waals surface area contributed by atoms with Crippen molar-refractivity contribution >= 4 is 159 Å². The van der Waals surface area contributed by atoms with Crippen LogP contribution in [-0.4, -0.2) is 289 Å². The van der Waals surface area contributed by atoms with Crippen molar-refractivity contribution in [2.75, 3.05) is 88.9 Å². The largest absolute Gasteiger partial charge is 0.394 e. The first-order valence-corrected chi connectivity index (χ1v) is 42.6. The molecule has 5 saturated heterocycles. The molecule has 10 aliphatic rings. The molecule has 6 unspecified atom stereocenters. The van der Waals surface area contributed by atoms with Gasteiger partial charge in [0.25, 0.3) is 27.8 Å². The first-order valence-electron chi connectivity index (χ1n) is 40.9. The van der Waals surface area contributed by atoms with Crippen molar-refractivity contribution in [3.8, 4) is 0 Å². The molecule has 10 aromatic heterocycles. The molecule has 5 fully saturated rings. The number of nitrogens with one attached hydrogen (secondary N) is 8. The van der Waals surface area contributed by atoms with Gasteiger partial charge in [-0.25, -0.2) is 14.8 Å². The number of anilines is 8. The lowest BCUT2D eigenvalue weighted by atomic mass is 9.96. The van der Waals surface area contributed by atoms with Crippen LogP contribution < -0.4 is 70.3 Å². The number of aliphatic imine (C=N–C) groups is 2. The highest BCUT2D eigenvalue weighted by Gasteiger charge is 2.59. The first-order chi connectivity index (χ1) is 61.9. The van der Waals surface area contributed by atoms with Crippen LogP contribution in [-0.2, 0) is 28.4 Å². The third-order valence-electron chi connectivity index (χ3n) is 24.9. The highest BCUT2D eigenvalue weighted by atomic mass is 32.2. The van der Waals surface area contributed by atoms with Gasteiger partial charge in [0.1, 0.15) is 147 Å². The van der Waals surface area contributed by atoms with Crippen LogP contribution in [0.15, 0.2) is 95.3 Å². The number of aromatic nitrogens is 10. The molecule has 0 bridgehead atoms. The van der Waals surface area contributed by atoms with Gasteiger partial charge in [0.2, 0.25) is 6.35 Å². The van der Waals surface area contributed by atoms with Crippen LogP contribution in [0, 0.1) is 34.6 Å². The molecular weight excluding hydrogens is 1760 g/mol. The van der Waals surface area contributed by atoms with Gasteiger partial charge in [-0.1, -0.05) is 11.8 Å². The van der Waals surface area contributed by atoms with Crippen LogP contribution in [0.25, 0.3) is 53.9 Å². The molecule has 0 aliphatic carbocycles. The monoisotopic (exact) mass is 1860 g/mol. The van der Waals surface area contributed by atoms with E-state index in [1.54, 1.807) is 83.9 Å². The van der Waals surface area contributed by atoms with Crippen molar-refractivity contribution in [1.82, 2.24) is 47.8 Å². The average Bonchev–Trinajstić information content (AvgIpc) is 1.59. The van der Waals surface area contributed by atoms with Gasteiger partial charge in [-0.05, 0) is 116 Å². The number of nitrogens with zero attached hydrogens (tertiary/aromatic N) is 12. The minimum Gasteiger partial charge on any atom is -0.394 e. The third-order valence-corrected chi connectivity index (χ3v) is 25.7. The number of carbonyl (C=O) groups excluding carboxylic acids is 1. The highest BCUT2D eigenvalue weighted by molar-refractivity contribution is 8.13. The number of thioether (sulfide) groups is 1. The third kappa shape index (κ3) is 15.8. The number of hydrogen-bond donors (Lipinski definition) is 23. The number of amidine groups is 1. The maximum atomic E-state index is 12.0. The molecule has 131 heavy (non-hydrogen) atoms. The number of methoxy groups -OCH3 is 1. The zero-order valence-corrected chi connectivity index (χ0v) is 73.5. The second kappa shape index (κ2) is 34.4. The summed E-state index contributed by atoms with van der Waals surface area (Å²) in [5.74, 6) is 3.72. The molecule has 10 aliphatic heterocycles. The number of aliphatic hydroxyl groups excluding tert-OH is 10. The smallest absolute Gasteiger partial charge is 0.326 e. The summed E-state index contributed by atoms with van der Waals surface area (Å²) in [6.45, 7) is 13.9. The van der Waals surface area contributed by atoms with Crippen LogP contribution in [0.3, 0.4) is 0 Å². The number of thiocarbonyl (C=S) groups is 1. The Hall–Kier alpha value is -11.2. The minimum absolute atomic E-state index is 0.104. The maximum Gasteiger partial charge on any atom is 0.326 e. The van der Waals surface area contributed by atoms with E-state index < -0.39 is 177 Å². The Kier molecular flexibility index (Phi) is 24.5. The fourth-order valence-electron chi connectivity index (χ4n) is 18.0. The van der Waals surface area contributed by atoms with Crippen molar-refractivity contribution in [1.29, 1.82) is 0 Å². The van der Waals surface area contributed by atoms with Crippen LogP contribution in [0.1, 0.15) is 93.6 Å². The fourth-order valence-corrected chi connectivity index (χ4v) is 18.5. The summed E-state index contributed by atoms with van der Waals surface area (Å²) in [6.07, 6.45) is -4.93. The van der Waals surface area contributed by atoms with Gasteiger partial charge in [-0.3, -0.25) is 34.6 Å². The van der Waals surface area contributed by atoms with Gasteiger partial charge >= 0.3 is 6.03 Å². The summed E-state index contributed by atoms with van der Waals surface area (Å²) in [5, 5.41) is 183. The minimum atomic E-state index is -1.72. The second-order valence-corrected chi connectivity index (χ2v) is 35.3. The summed E-state index contributed by atoms with van der Waals surface area (Å²) in [6, 6.07) is 6.45. The number of carbonyl (C=O) groups is 1. The summed E-state index contributed by atoms with van der Waals surface area (Å²) in [7, 11) is 1.49. The Morgan fingerprint density at radius 1 is 0.405 bits per heavy atom. The van der Waals surface area contributed by atoms with Gasteiger partial charge in [0.05, 0.1) is 66.3 Å². The number of aliphatic hydroxyl groups is 15. The zero-order chi connectivity index (χ0) is 94.5. The van der Waals surface area contributed by atoms with Gasteiger partial charge in [0, 0.05) is 95.4 Å². The lowest BCUT2D eigenvalue weighted by molar-refractivity contribution is -0.0956. The van der Waals surface area contributed by atoms with Crippen LogP contribution in [0.4, 0.5) is 63.0 Å². The van der Waals surface area contributed by atoms with Crippen molar-refractivity contribution in [2.45, 2.75) is 196 Å². The van der Waals surface area contributed by atoms with E-state index in [-0.39, 0.29) is 33.4 Å². The summed E-state index contributed by atoms with van der Waals surface area (Å²) in [5.41, 5.74) is -6.90. The fraction of sp³-hybridized carbons (Fsp3) is 0.463. The normalized spacial score (nSPS) is 30.7. The Morgan fingerprint density at radius 3 is 1.08 bits per heavy atom. The second-order valence-electron chi connectivity index (χ2n) is 34.1. The molecule has 20 rings (SSSR count). The predicted molar refractivity (Wildman–Crippen MR) is 478 cm³/mol. The van der Waals surface area contributed by atoms with E-state index in [0.717, 1.165) is 16.2 Å². The van der Waals surface area contributed by atoms with Crippen LogP contribution in [0.5, 0.6) is 0 Å². The van der Waals surface area contributed by atoms with Crippen LogP contribution >= 0.6 is 24.0 Å². The van der Waals surface area contributed by atoms with E-state index in [0.29, 0.717) is 117 Å². The summed E-state index contributed by atoms with van der Waals surface area (Å²) in [4.78, 5) is 101. The van der Waals surface area contributed by atoms with Crippen molar-refractivity contribution < 1.29 is 110 Å². The summed E-state index contributed by atoms with van der Waals surface area (Å²) < 4.78 is 41.8. The molecule has 0 aromatic carbocycles. The van der Waals surface area contributed by atoms with Crippen LogP contribution in [0.2, 0.25) is 0 Å². The van der Waals surface area contributed by atoms with Gasteiger partial charge in [-0.2, -0.15) is 24.9 Å². The number of ether oxygens (including phenoxy) is 6. The van der Waals surface area contributed by atoms with E-state index in [1.165, 1.54) is 94.7 Å². The standard InChI is InChI=1S/C17H22N4O6.C17H20N4O5S.C16H18N4O6.C16H18N4O5S.C16H18N4O5/c1-7-4-10(23)18-13-11-8(7)5-21(14(11)20-16(19-13)26-3)15-17(2,25)12(24)9(6-22)27-15;1-7-4-10(23)18-13-11-8(7)5-21(14(11)20-16(19-13)27-3)15-17(2,25)12(24)9(6-22)26-15;1-6-3-9(22)17-12-10-7(6)4-20(13(10)19-15(24)18-12)14-16(2,25)11(23)8(5-21)26-14;1-6-3-9(22)17-12-10-7(6)4-20(13(10)19-15(26)18-12)14-16(2,24)11(23)8(5-21)25-14;1-7-3-10(22)19-13-11-8(7)4-20(14(11)18-6-17-13)15-16(2,24)12(23)9(5-21)25-15/h4-5,9,12,15-16,20,22,24-25H,6H2,1-3H3,(H,18,19,23);4-5,9,12,15,22,24-25H,6H2,1-3H3,(H,18,19,20,23);3-4,8,11,14,21,23,25H,5H2,1-2H3,(H2,17,18,19,22,24);3-4,8,11,14,21,23-24H,5H2,1-2H3,(H2,17,18,19,22,26);3-4,6,9,12,15,21,23-24H,5H2,1-2H3,(H,17,18,19,22)/t9-,12-,15?,16?,17+;9-,12-,15?,17+;2*8-,11-,14?,16+;9-,12-,15?,16+/m11111/s1. The molecule has 49 heteroatoms. The lowest BCUT2D eigenvalue weighted by Gasteiger charge is -2.31. The molecular formula is C82H96N20O27S2. The topological polar surface area (TPSA) is 671 Å². The zero-order valence-electron chi connectivity index (χ0n) is 71.9. The Morgan fingerprint density at radius 2 is 0.710 bits per heavy atom. The molecule has 21 atom stereocenters. The first kappa shape index (κ1) is 93.1. The molecule has 23 N–H and O–H groups in total. The predicted octanol–water partition coefficient (Wildman–Crippen LogP) is -0.759. The Bertz CT molecular complexity index is 6560. The van der Waals surface area contributed by atoms with E-state index >= 15 is 0 Å². The number of urea groups is 1. The number of rotatable bonds is 11. The average molecular weight is 1860 g/mol. The number of aryl methyl sites for hydroxylation is 5. The van der Waals surface area contributed by atoms with Gasteiger partial charge in [0.15, 0.2) is 41.4 Å². The maximum absolute atomic E-state index is 12.0. The molecule has 698 valence electrons. The highest BCUT2D eigenvalue weighted by Crippen LogP contribution is 2.52. The molecule has 0 saturated carbocycles. The molecule has 20 heterocycles. The SMILES string of the molecule is COC1Nc2nc(=O)cc(C)c3cn(C4O[C@H](CO)[C@@H](O)[C@]4(C)O)c(c23)N1.CSC1=Nc2c3c(nc(=O)cc(C)c3cn2C2O[C@H](CO)[C@@H](O)[C@]2(C)O)N1.Cc1cc(=O)nc2c3c(n(C4O[C@H](CO)[C@@H](O)[C@]4(C)O)cc13)N=CN2.Cc1cc(=O)nc2c3c(n(C4O[C@H](CO)[C@@H](O)[C@]4(C)O)cc13)NC(=O)N2.Cc1cc(=O)nc2c3c(n(C4O[C@H](CO)[C@@H](O)[C@]4(C)O)cc13)NC(=S)N2. The molecule has 10 aromatic rings. The Balaban J connectivity index is 0.000000120. The Labute approximate surface area is 748 Å². The van der Waals surface area contributed by atoms with Crippen molar-refractivity contribution in [2.24, 2.45) is 9.98 Å². The number of hydrogen-bond acceptors (Lipinski definition) is 40. The van der Waals surface area contributed by atoms with E-state index in [2.05, 4.69) is 77.4 Å². The van der Waals surface area contributed by atoms with Gasteiger partial charge in [-0.15, -0.1) is 0 Å². The molecule has 47 nitrogen and oxygen atoms in total. The van der Waals surface area contributed by atoms with E-state index in [1.807, 2.05) is 6.26 Å². The van der Waals surface area contributed by atoms with E-state index in [4.69, 9.17) is 40.6 Å². The number of amides is 2. The van der Waals surface area contributed by atoms with Crippen molar-refractivity contribution in [3.63, 3.8) is 0 Å².